The van der Waals surface area contributed by atoms with Crippen molar-refractivity contribution in [3.05, 3.63) is 71.8 Å². The Kier molecular flexibility index (Phi) is 6.48. The van der Waals surface area contributed by atoms with Crippen LogP contribution < -0.4 is 0 Å². The summed E-state index contributed by atoms with van der Waals surface area (Å²) in [4.78, 5) is 0. The van der Waals surface area contributed by atoms with Crippen LogP contribution in [-0.4, -0.2) is 0 Å². The zero-order chi connectivity index (χ0) is 10.3. The Morgan fingerprint density at radius 2 is 1.00 bits per heavy atom. The molecule has 0 atom stereocenters. The van der Waals surface area contributed by atoms with Crippen LogP contribution in [0.1, 0.15) is 11.1 Å². The molecule has 2 rings (SSSR count). The van der Waals surface area contributed by atoms with Gasteiger partial charge in [0, 0.05) is 0 Å². The van der Waals surface area contributed by atoms with Crippen molar-refractivity contribution in [3.8, 4) is 0 Å². The van der Waals surface area contributed by atoms with E-state index in [0.717, 1.165) is 0 Å². The first kappa shape index (κ1) is 13.5. The van der Waals surface area contributed by atoms with Crippen molar-refractivity contribution < 1.29 is 19.2 Å². The van der Waals surface area contributed by atoms with E-state index in [9.17, 15) is 0 Å². The van der Waals surface area contributed by atoms with Crippen LogP contribution in [0.4, 0.5) is 0 Å². The van der Waals surface area contributed by atoms with Crippen molar-refractivity contribution in [1.29, 1.82) is 0 Å². The molecule has 2 aromatic rings. The predicted molar refractivity (Wildman–Crippen MR) is 67.5 cm³/mol. The van der Waals surface area contributed by atoms with E-state index in [4.69, 9.17) is 0 Å². The number of hydrogen-bond donors (Lipinski definition) is 0. The van der Waals surface area contributed by atoms with E-state index >= 15 is 0 Å². The van der Waals surface area contributed by atoms with Gasteiger partial charge in [0.2, 0.25) is 0 Å². The van der Waals surface area contributed by atoms with Gasteiger partial charge in [0.25, 0.3) is 0 Å². The average molecular weight is 267 g/mol. The zero-order valence-corrected chi connectivity index (χ0v) is 11.5. The molecule has 0 aliphatic carbocycles. The molecule has 16 heavy (non-hydrogen) atoms. The Bertz CT molecular complexity index is 346. The van der Waals surface area contributed by atoms with E-state index in [-0.39, 0.29) is 31.6 Å². The molecule has 2 heteroatoms. The van der Waals surface area contributed by atoms with E-state index in [0.29, 0.717) is 0 Å². The van der Waals surface area contributed by atoms with E-state index < -0.39 is 0 Å². The first-order valence-corrected chi connectivity index (χ1v) is 7.44. The Morgan fingerprint density at radius 1 is 0.625 bits per heavy atom. The number of halogens is 1. The first-order chi connectivity index (χ1) is 7.45. The fourth-order valence-corrected chi connectivity index (χ4v) is 3.38. The molecule has 0 nitrogen and oxygen atoms in total. The van der Waals surface area contributed by atoms with Gasteiger partial charge in [-0.05, 0) is 0 Å². The van der Waals surface area contributed by atoms with Crippen LogP contribution >= 0.6 is 12.4 Å². The molecule has 0 spiro atoms. The molecule has 0 fully saturated rings. The molecule has 2 aromatic carbocycles. The van der Waals surface area contributed by atoms with Crippen molar-refractivity contribution in [2.24, 2.45) is 0 Å². The molecule has 0 saturated carbocycles. The molecule has 0 saturated heterocycles. The van der Waals surface area contributed by atoms with E-state index in [1.807, 2.05) is 0 Å². The minimum absolute atomic E-state index is 0. The predicted octanol–water partition coefficient (Wildman–Crippen LogP) is 3.89. The van der Waals surface area contributed by atoms with Crippen molar-refractivity contribution in [2.75, 3.05) is 0 Å². The van der Waals surface area contributed by atoms with Crippen LogP contribution in [0.5, 0.6) is 0 Å². The molecule has 82 valence electrons. The molecule has 0 heterocycles. The molecule has 0 amide bonds. The van der Waals surface area contributed by atoms with Crippen LogP contribution in [-0.2, 0) is 28.6 Å². The second kappa shape index (κ2) is 7.67. The van der Waals surface area contributed by atoms with Crippen molar-refractivity contribution >= 4 is 12.4 Å². The summed E-state index contributed by atoms with van der Waals surface area (Å²) in [6, 6.07) is 21.6. The number of hydrogen-bond acceptors (Lipinski definition) is 0. The fourth-order valence-electron chi connectivity index (χ4n) is 1.54. The number of rotatable bonds is 4. The third-order valence-electron chi connectivity index (χ3n) is 2.34. The minimum atomic E-state index is 0. The van der Waals surface area contributed by atoms with Gasteiger partial charge in [0.05, 0.1) is 0 Å². The van der Waals surface area contributed by atoms with Gasteiger partial charge in [-0.1, -0.05) is 0 Å². The molecule has 0 unspecified atom stereocenters. The van der Waals surface area contributed by atoms with Crippen LogP contribution in [0.25, 0.3) is 0 Å². The van der Waals surface area contributed by atoms with Gasteiger partial charge in [-0.15, -0.1) is 12.4 Å². The molecular weight excluding hydrogens is 251 g/mol. The van der Waals surface area contributed by atoms with Crippen molar-refractivity contribution in [3.63, 3.8) is 0 Å². The zero-order valence-electron chi connectivity index (χ0n) is 9.10. The van der Waals surface area contributed by atoms with Crippen LogP contribution in [0.2, 0.25) is 0 Å². The standard InChI is InChI=1S/2C7H7.ClH.Ti/c2*1-7-5-3-2-4-6-7;;/h2*2-6H,1H2;1H;. The molecule has 0 aromatic heterocycles. The molecule has 0 N–H and O–H groups in total. The van der Waals surface area contributed by atoms with Gasteiger partial charge < -0.3 is 0 Å². The van der Waals surface area contributed by atoms with E-state index in [1.165, 1.54) is 20.6 Å². The van der Waals surface area contributed by atoms with Crippen LogP contribution in [0.3, 0.4) is 0 Å². The van der Waals surface area contributed by atoms with Gasteiger partial charge in [-0.2, -0.15) is 0 Å². The maximum atomic E-state index is 2.23. The SMILES string of the molecule is Cl.c1ccc([CH2][Ti][CH2]c2ccccc2)cc1. The fraction of sp³-hybridized carbons (Fsp3) is 0.143. The second-order valence-corrected chi connectivity index (χ2v) is 5.46. The molecule has 0 radical (unpaired) electrons. The van der Waals surface area contributed by atoms with Gasteiger partial charge >= 0.3 is 100 Å². The summed E-state index contributed by atoms with van der Waals surface area (Å²) in [5.41, 5.74) is 2.99. The quantitative estimate of drug-likeness (QED) is 0.737. The number of benzene rings is 2. The summed E-state index contributed by atoms with van der Waals surface area (Å²) in [7, 11) is 0. The van der Waals surface area contributed by atoms with Crippen LogP contribution in [0, 0.1) is 0 Å². The maximum absolute atomic E-state index is 2.23. The van der Waals surface area contributed by atoms with Crippen molar-refractivity contribution in [2.45, 2.75) is 9.45 Å². The van der Waals surface area contributed by atoms with Gasteiger partial charge in [-0.25, -0.2) is 0 Å². The van der Waals surface area contributed by atoms with E-state index in [2.05, 4.69) is 60.7 Å². The summed E-state index contributed by atoms with van der Waals surface area (Å²) in [5.74, 6) is 0. The Balaban J connectivity index is 0.00000128. The van der Waals surface area contributed by atoms with Crippen molar-refractivity contribution in [1.82, 2.24) is 0 Å². The Morgan fingerprint density at radius 3 is 1.38 bits per heavy atom. The molecule has 0 aliphatic heterocycles. The average Bonchev–Trinajstić information content (AvgIpc) is 2.32. The third-order valence-corrected chi connectivity index (χ3v) is 4.40. The van der Waals surface area contributed by atoms with Gasteiger partial charge in [-0.3, -0.25) is 0 Å². The second-order valence-electron chi connectivity index (χ2n) is 3.57. The first-order valence-electron chi connectivity index (χ1n) is 5.24. The Labute approximate surface area is 112 Å². The molecule has 0 bridgehead atoms. The summed E-state index contributed by atoms with van der Waals surface area (Å²) in [5, 5.41) is 0. The molecular formula is C14H15ClTi. The van der Waals surface area contributed by atoms with Gasteiger partial charge in [0.1, 0.15) is 0 Å². The Hall–Kier alpha value is -0.556. The monoisotopic (exact) mass is 266 g/mol. The normalized spacial score (nSPS) is 9.25. The van der Waals surface area contributed by atoms with E-state index in [1.54, 1.807) is 0 Å². The third kappa shape index (κ3) is 4.53. The summed E-state index contributed by atoms with van der Waals surface area (Å²) in [6.45, 7) is 0. The topological polar surface area (TPSA) is 0 Å². The summed E-state index contributed by atoms with van der Waals surface area (Å²) >= 11 is 0.136. The summed E-state index contributed by atoms with van der Waals surface area (Å²) < 4.78 is 2.60. The van der Waals surface area contributed by atoms with Crippen LogP contribution in [0.15, 0.2) is 60.7 Å². The van der Waals surface area contributed by atoms with Gasteiger partial charge in [0.15, 0.2) is 0 Å². The summed E-state index contributed by atoms with van der Waals surface area (Å²) in [6.07, 6.45) is 0. The molecule has 0 aliphatic rings.